The van der Waals surface area contributed by atoms with Crippen LogP contribution in [0.2, 0.25) is 0 Å². The highest BCUT2D eigenvalue weighted by atomic mass is 32.2. The molecule has 2 aromatic carbocycles. The van der Waals surface area contributed by atoms with E-state index < -0.39 is 5.60 Å². The molecule has 3 nitrogen and oxygen atoms in total. The van der Waals surface area contributed by atoms with Gasteiger partial charge in [0.2, 0.25) is 0 Å². The lowest BCUT2D eigenvalue weighted by molar-refractivity contribution is -0.0518. The minimum Gasteiger partial charge on any atom is -0.481 e. The Labute approximate surface area is 154 Å². The van der Waals surface area contributed by atoms with Crippen LogP contribution in [-0.2, 0) is 15.1 Å². The molecule has 0 spiro atoms. The summed E-state index contributed by atoms with van der Waals surface area (Å²) in [6.07, 6.45) is 2.06. The molecule has 1 unspecified atom stereocenters. The lowest BCUT2D eigenvalue weighted by Crippen LogP contribution is -2.36. The molecule has 0 radical (unpaired) electrons. The summed E-state index contributed by atoms with van der Waals surface area (Å²) in [6, 6.07) is 17.8. The van der Waals surface area contributed by atoms with E-state index in [1.807, 2.05) is 54.6 Å². The topological polar surface area (TPSA) is 27.7 Å². The molecule has 0 aliphatic carbocycles. The zero-order valence-corrected chi connectivity index (χ0v) is 15.8. The Morgan fingerprint density at radius 3 is 2.52 bits per heavy atom. The van der Waals surface area contributed by atoms with Gasteiger partial charge in [-0.1, -0.05) is 42.2 Å². The molecule has 0 aliphatic rings. The molecule has 0 fully saturated rings. The first-order chi connectivity index (χ1) is 12.2. The van der Waals surface area contributed by atoms with Gasteiger partial charge < -0.3 is 14.2 Å². The summed E-state index contributed by atoms with van der Waals surface area (Å²) >= 11 is 1.72. The van der Waals surface area contributed by atoms with Crippen LogP contribution in [0.25, 0.3) is 0 Å². The van der Waals surface area contributed by atoms with Gasteiger partial charge in [-0.3, -0.25) is 0 Å². The zero-order chi connectivity index (χ0) is 18.0. The maximum Gasteiger partial charge on any atom is 0.149 e. The zero-order valence-electron chi connectivity index (χ0n) is 15.0. The number of hydrogen-bond acceptors (Lipinski definition) is 4. The number of methoxy groups -OCH3 is 2. The Bertz CT molecular complexity index is 698. The molecule has 2 rings (SSSR count). The van der Waals surface area contributed by atoms with E-state index in [1.165, 1.54) is 0 Å². The third-order valence-corrected chi connectivity index (χ3v) is 4.58. The Morgan fingerprint density at radius 2 is 1.84 bits per heavy atom. The van der Waals surface area contributed by atoms with Crippen molar-refractivity contribution in [2.24, 2.45) is 0 Å². The molecular formula is C21H24O3S. The van der Waals surface area contributed by atoms with Crippen LogP contribution in [0.1, 0.15) is 11.1 Å². The third kappa shape index (κ3) is 5.54. The minimum atomic E-state index is -0.483. The van der Waals surface area contributed by atoms with Gasteiger partial charge in [0.1, 0.15) is 18.0 Å². The average Bonchev–Trinajstić information content (AvgIpc) is 2.66. The van der Waals surface area contributed by atoms with Crippen LogP contribution in [-0.4, -0.2) is 39.4 Å². The highest BCUT2D eigenvalue weighted by Crippen LogP contribution is 2.31. The number of benzene rings is 2. The van der Waals surface area contributed by atoms with E-state index in [2.05, 4.69) is 18.1 Å². The van der Waals surface area contributed by atoms with Gasteiger partial charge in [0, 0.05) is 25.5 Å². The van der Waals surface area contributed by atoms with Crippen LogP contribution in [0.4, 0.5) is 0 Å². The fourth-order valence-corrected chi connectivity index (χ4v) is 3.39. The van der Waals surface area contributed by atoms with Crippen LogP contribution in [0.5, 0.6) is 5.75 Å². The summed E-state index contributed by atoms with van der Waals surface area (Å²) < 4.78 is 17.0. The Morgan fingerprint density at radius 1 is 1.04 bits per heavy atom. The van der Waals surface area contributed by atoms with Gasteiger partial charge in [0.15, 0.2) is 0 Å². The van der Waals surface area contributed by atoms with Crippen molar-refractivity contribution in [2.75, 3.05) is 39.4 Å². The lowest BCUT2D eigenvalue weighted by Gasteiger charge is -2.32. The number of hydrogen-bond donors (Lipinski definition) is 0. The van der Waals surface area contributed by atoms with Crippen molar-refractivity contribution in [1.29, 1.82) is 0 Å². The van der Waals surface area contributed by atoms with E-state index >= 15 is 0 Å². The number of ether oxygens (including phenoxy) is 3. The first kappa shape index (κ1) is 19.4. The summed E-state index contributed by atoms with van der Waals surface area (Å²) in [5, 5.41) is 0. The molecule has 25 heavy (non-hydrogen) atoms. The molecule has 4 heteroatoms. The van der Waals surface area contributed by atoms with E-state index in [9.17, 15) is 0 Å². The SMILES string of the molecule is COCC(CSC)(OC)c1cccc(OCC#Cc2ccccc2)c1. The Balaban J connectivity index is 2.08. The maximum absolute atomic E-state index is 5.81. The normalized spacial score (nSPS) is 12.8. The third-order valence-electron chi connectivity index (χ3n) is 3.82. The molecule has 0 bridgehead atoms. The summed E-state index contributed by atoms with van der Waals surface area (Å²) in [5.41, 5.74) is 1.54. The number of thioether (sulfide) groups is 1. The monoisotopic (exact) mass is 356 g/mol. The molecule has 0 aliphatic heterocycles. The highest BCUT2D eigenvalue weighted by molar-refractivity contribution is 7.98. The van der Waals surface area contributed by atoms with Crippen molar-refractivity contribution in [3.05, 3.63) is 65.7 Å². The second-order valence-corrected chi connectivity index (χ2v) is 6.41. The van der Waals surface area contributed by atoms with Gasteiger partial charge in [-0.2, -0.15) is 11.8 Å². The van der Waals surface area contributed by atoms with E-state index in [4.69, 9.17) is 14.2 Å². The molecular weight excluding hydrogens is 332 g/mol. The van der Waals surface area contributed by atoms with Gasteiger partial charge in [-0.05, 0) is 36.1 Å². The molecule has 2 aromatic rings. The van der Waals surface area contributed by atoms with Crippen LogP contribution < -0.4 is 4.74 Å². The Hall–Kier alpha value is -1.93. The lowest BCUT2D eigenvalue weighted by atomic mass is 9.96. The van der Waals surface area contributed by atoms with Crippen molar-refractivity contribution in [1.82, 2.24) is 0 Å². The summed E-state index contributed by atoms with van der Waals surface area (Å²) in [7, 11) is 3.40. The second-order valence-electron chi connectivity index (χ2n) is 5.55. The smallest absolute Gasteiger partial charge is 0.149 e. The fraction of sp³-hybridized carbons (Fsp3) is 0.333. The molecule has 132 valence electrons. The maximum atomic E-state index is 5.81. The van der Waals surface area contributed by atoms with Gasteiger partial charge >= 0.3 is 0 Å². The summed E-state index contributed by atoms with van der Waals surface area (Å²) in [6.45, 7) is 0.826. The van der Waals surface area contributed by atoms with Crippen LogP contribution in [0, 0.1) is 11.8 Å². The van der Waals surface area contributed by atoms with Gasteiger partial charge in [-0.15, -0.1) is 0 Å². The minimum absolute atomic E-state index is 0.338. The van der Waals surface area contributed by atoms with E-state index in [1.54, 1.807) is 26.0 Å². The van der Waals surface area contributed by atoms with Gasteiger partial charge in [-0.25, -0.2) is 0 Å². The molecule has 1 atom stereocenters. The van der Waals surface area contributed by atoms with Crippen molar-refractivity contribution in [3.8, 4) is 17.6 Å². The Kier molecular flexibility index (Phi) is 7.87. The molecule has 0 aromatic heterocycles. The standard InChI is InChI=1S/C21H24O3S/c1-22-16-21(23-2,17-25-3)19-12-7-13-20(15-19)24-14-8-11-18-9-5-4-6-10-18/h4-7,9-10,12-13,15H,14,16-17H2,1-3H3. The van der Waals surface area contributed by atoms with Crippen LogP contribution in [0.15, 0.2) is 54.6 Å². The predicted octanol–water partition coefficient (Wildman–Crippen LogP) is 3.97. The van der Waals surface area contributed by atoms with Gasteiger partial charge in [0.05, 0.1) is 6.61 Å². The average molecular weight is 356 g/mol. The van der Waals surface area contributed by atoms with Crippen molar-refractivity contribution in [2.45, 2.75) is 5.60 Å². The number of rotatable bonds is 8. The van der Waals surface area contributed by atoms with Crippen molar-refractivity contribution >= 4 is 11.8 Å². The molecule has 0 heterocycles. The first-order valence-corrected chi connectivity index (χ1v) is 9.44. The molecule has 0 amide bonds. The molecule has 0 saturated carbocycles. The molecule has 0 saturated heterocycles. The van der Waals surface area contributed by atoms with Crippen molar-refractivity contribution in [3.63, 3.8) is 0 Å². The molecule has 0 N–H and O–H groups in total. The summed E-state index contributed by atoms with van der Waals surface area (Å²) in [4.78, 5) is 0. The van der Waals surface area contributed by atoms with Crippen molar-refractivity contribution < 1.29 is 14.2 Å². The second kappa shape index (κ2) is 10.1. The predicted molar refractivity (Wildman–Crippen MR) is 104 cm³/mol. The van der Waals surface area contributed by atoms with E-state index in [-0.39, 0.29) is 0 Å². The van der Waals surface area contributed by atoms with Crippen LogP contribution in [0.3, 0.4) is 0 Å². The van der Waals surface area contributed by atoms with Gasteiger partial charge in [0.25, 0.3) is 0 Å². The van der Waals surface area contributed by atoms with E-state index in [0.29, 0.717) is 13.2 Å². The largest absolute Gasteiger partial charge is 0.481 e. The fourth-order valence-electron chi connectivity index (χ4n) is 2.56. The highest BCUT2D eigenvalue weighted by Gasteiger charge is 2.32. The van der Waals surface area contributed by atoms with E-state index in [0.717, 1.165) is 22.6 Å². The van der Waals surface area contributed by atoms with Crippen LogP contribution >= 0.6 is 11.8 Å². The summed E-state index contributed by atoms with van der Waals surface area (Å²) in [5.74, 6) is 7.71. The quantitative estimate of drug-likeness (QED) is 0.669. The first-order valence-electron chi connectivity index (χ1n) is 8.04.